The van der Waals surface area contributed by atoms with E-state index in [0.29, 0.717) is 18.9 Å². The molecule has 5 heteroatoms. The fourth-order valence-electron chi connectivity index (χ4n) is 3.08. The minimum atomic E-state index is -0.416. The van der Waals surface area contributed by atoms with Crippen molar-refractivity contribution in [2.75, 3.05) is 0 Å². The van der Waals surface area contributed by atoms with E-state index in [1.807, 2.05) is 30.7 Å². The predicted molar refractivity (Wildman–Crippen MR) is 93.8 cm³/mol. The van der Waals surface area contributed by atoms with Gasteiger partial charge >= 0.3 is 0 Å². The summed E-state index contributed by atoms with van der Waals surface area (Å²) in [5.41, 5.74) is 3.21. The minimum Gasteiger partial charge on any atom is -0.391 e. The maximum atomic E-state index is 10.1. The van der Waals surface area contributed by atoms with Gasteiger partial charge in [0, 0.05) is 22.6 Å². The summed E-state index contributed by atoms with van der Waals surface area (Å²) in [4.78, 5) is 9.48. The highest BCUT2D eigenvalue weighted by Gasteiger charge is 2.27. The van der Waals surface area contributed by atoms with E-state index in [9.17, 15) is 5.11 Å². The Morgan fingerprint density at radius 1 is 1.25 bits per heavy atom. The van der Waals surface area contributed by atoms with Gasteiger partial charge in [-0.15, -0.1) is 0 Å². The molecule has 1 unspecified atom stereocenters. The topological polar surface area (TPSA) is 63.8 Å². The number of rotatable bonds is 5. The fraction of sp³-hybridized carbons (Fsp3) is 0.421. The van der Waals surface area contributed by atoms with E-state index in [1.54, 1.807) is 0 Å². The van der Waals surface area contributed by atoms with Crippen LogP contribution in [-0.4, -0.2) is 31.0 Å². The molecule has 0 aliphatic heterocycles. The number of benzene rings is 1. The number of hydrogen-bond donors (Lipinski definition) is 1. The lowest BCUT2D eigenvalue weighted by Gasteiger charge is -2.12. The number of para-hydroxylation sites is 1. The van der Waals surface area contributed by atoms with E-state index in [4.69, 9.17) is 4.98 Å². The number of aromatic nitrogens is 4. The largest absolute Gasteiger partial charge is 0.391 e. The van der Waals surface area contributed by atoms with Crippen LogP contribution in [0.15, 0.2) is 30.3 Å². The summed E-state index contributed by atoms with van der Waals surface area (Å²) in [6.45, 7) is 4.33. The molecule has 2 aromatic heterocycles. The van der Waals surface area contributed by atoms with Crippen LogP contribution in [0.2, 0.25) is 0 Å². The molecule has 4 rings (SSSR count). The van der Waals surface area contributed by atoms with Crippen LogP contribution >= 0.6 is 0 Å². The van der Waals surface area contributed by atoms with Crippen LogP contribution < -0.4 is 0 Å². The Labute approximate surface area is 141 Å². The fourth-order valence-corrected chi connectivity index (χ4v) is 3.08. The number of aliphatic hydroxyl groups excluding tert-OH is 1. The Morgan fingerprint density at radius 2 is 2.04 bits per heavy atom. The third-order valence-corrected chi connectivity index (χ3v) is 4.61. The lowest BCUT2D eigenvalue weighted by Crippen LogP contribution is -2.17. The molecule has 0 radical (unpaired) electrons. The Morgan fingerprint density at radius 3 is 2.79 bits per heavy atom. The molecule has 1 aliphatic carbocycles. The highest BCUT2D eigenvalue weighted by molar-refractivity contribution is 5.93. The third kappa shape index (κ3) is 2.80. The maximum absolute atomic E-state index is 10.1. The monoisotopic (exact) mass is 322 g/mol. The van der Waals surface area contributed by atoms with E-state index in [2.05, 4.69) is 28.3 Å². The van der Waals surface area contributed by atoms with Crippen molar-refractivity contribution in [3.63, 3.8) is 0 Å². The van der Waals surface area contributed by atoms with Gasteiger partial charge in [-0.25, -0.2) is 9.67 Å². The Kier molecular flexibility index (Phi) is 3.81. The van der Waals surface area contributed by atoms with Gasteiger partial charge in [-0.3, -0.25) is 4.98 Å². The number of pyridine rings is 1. The first-order valence-electron chi connectivity index (χ1n) is 8.65. The summed E-state index contributed by atoms with van der Waals surface area (Å²) in [5.74, 6) is 2.12. The second-order valence-corrected chi connectivity index (χ2v) is 6.61. The summed E-state index contributed by atoms with van der Waals surface area (Å²) in [6, 6.07) is 10.3. The van der Waals surface area contributed by atoms with Gasteiger partial charge in [0.05, 0.1) is 18.2 Å². The van der Waals surface area contributed by atoms with Crippen molar-refractivity contribution >= 4 is 10.9 Å². The molecular formula is C19H22N4O. The zero-order valence-electron chi connectivity index (χ0n) is 14.1. The summed E-state index contributed by atoms with van der Waals surface area (Å²) in [5, 5.41) is 15.6. The molecule has 1 fully saturated rings. The van der Waals surface area contributed by atoms with Gasteiger partial charge < -0.3 is 5.11 Å². The van der Waals surface area contributed by atoms with Crippen molar-refractivity contribution in [2.45, 2.75) is 51.7 Å². The van der Waals surface area contributed by atoms with Gasteiger partial charge in [0.1, 0.15) is 5.82 Å². The van der Waals surface area contributed by atoms with Crippen LogP contribution in [0, 0.1) is 6.92 Å². The van der Waals surface area contributed by atoms with Crippen molar-refractivity contribution < 1.29 is 5.11 Å². The van der Waals surface area contributed by atoms with Crippen LogP contribution in [0.4, 0.5) is 0 Å². The van der Waals surface area contributed by atoms with E-state index in [0.717, 1.165) is 33.8 Å². The van der Waals surface area contributed by atoms with Gasteiger partial charge in [-0.1, -0.05) is 25.1 Å². The summed E-state index contributed by atoms with van der Waals surface area (Å²) >= 11 is 0. The van der Waals surface area contributed by atoms with Crippen LogP contribution in [0.5, 0.6) is 0 Å². The number of aliphatic hydroxyl groups is 1. The first-order chi connectivity index (χ1) is 11.7. The molecule has 0 bridgehead atoms. The zero-order valence-corrected chi connectivity index (χ0v) is 14.1. The van der Waals surface area contributed by atoms with Crippen LogP contribution in [-0.2, 0) is 6.54 Å². The number of aryl methyl sites for hydroxylation is 1. The quantitative estimate of drug-likeness (QED) is 0.781. The van der Waals surface area contributed by atoms with Gasteiger partial charge in [-0.05, 0) is 38.3 Å². The first-order valence-corrected chi connectivity index (χ1v) is 8.65. The highest BCUT2D eigenvalue weighted by Crippen LogP contribution is 2.41. The van der Waals surface area contributed by atoms with Crippen molar-refractivity contribution in [3.05, 3.63) is 41.9 Å². The SMILES string of the molecule is CCC(O)Cn1nc(C)nc1-c1cc(C2CC2)nc2ccccc12. The molecule has 1 N–H and O–H groups in total. The molecule has 0 spiro atoms. The van der Waals surface area contributed by atoms with Crippen molar-refractivity contribution in [1.82, 2.24) is 19.7 Å². The number of hydrogen-bond acceptors (Lipinski definition) is 4. The average Bonchev–Trinajstić information content (AvgIpc) is 3.38. The zero-order chi connectivity index (χ0) is 16.7. The van der Waals surface area contributed by atoms with Gasteiger partial charge in [-0.2, -0.15) is 5.10 Å². The standard InChI is InChI=1S/C19H22N4O/c1-3-14(24)11-23-19(20-12(2)22-23)16-10-18(13-8-9-13)21-17-7-5-4-6-15(16)17/h4-7,10,13-14,24H,3,8-9,11H2,1-2H3. The summed E-state index contributed by atoms with van der Waals surface area (Å²) < 4.78 is 1.84. The molecule has 124 valence electrons. The van der Waals surface area contributed by atoms with E-state index >= 15 is 0 Å². The van der Waals surface area contributed by atoms with Crippen LogP contribution in [0.25, 0.3) is 22.3 Å². The molecule has 3 aromatic rings. The first kappa shape index (κ1) is 15.3. The lowest BCUT2D eigenvalue weighted by molar-refractivity contribution is 0.145. The van der Waals surface area contributed by atoms with Crippen molar-refractivity contribution in [2.24, 2.45) is 0 Å². The van der Waals surface area contributed by atoms with E-state index < -0.39 is 6.10 Å². The molecule has 1 saturated carbocycles. The average molecular weight is 322 g/mol. The number of nitrogens with zero attached hydrogens (tertiary/aromatic N) is 4. The van der Waals surface area contributed by atoms with Gasteiger partial charge in [0.2, 0.25) is 0 Å². The van der Waals surface area contributed by atoms with E-state index in [-0.39, 0.29) is 0 Å². The predicted octanol–water partition coefficient (Wildman–Crippen LogP) is 3.45. The second kappa shape index (κ2) is 5.98. The highest BCUT2D eigenvalue weighted by atomic mass is 16.3. The molecule has 1 aliphatic rings. The van der Waals surface area contributed by atoms with Gasteiger partial charge in [0.15, 0.2) is 5.82 Å². The molecule has 5 nitrogen and oxygen atoms in total. The molecule has 2 heterocycles. The summed E-state index contributed by atoms with van der Waals surface area (Å²) in [7, 11) is 0. The van der Waals surface area contributed by atoms with Crippen molar-refractivity contribution in [3.8, 4) is 11.4 Å². The molecule has 1 aromatic carbocycles. The molecule has 24 heavy (non-hydrogen) atoms. The second-order valence-electron chi connectivity index (χ2n) is 6.61. The molecule has 0 amide bonds. The Balaban J connectivity index is 1.89. The molecule has 0 saturated heterocycles. The molecular weight excluding hydrogens is 300 g/mol. The lowest BCUT2D eigenvalue weighted by atomic mass is 10.1. The smallest absolute Gasteiger partial charge is 0.159 e. The Bertz CT molecular complexity index is 882. The van der Waals surface area contributed by atoms with E-state index in [1.165, 1.54) is 12.8 Å². The van der Waals surface area contributed by atoms with Crippen molar-refractivity contribution in [1.29, 1.82) is 0 Å². The summed E-state index contributed by atoms with van der Waals surface area (Å²) in [6.07, 6.45) is 2.71. The van der Waals surface area contributed by atoms with Crippen LogP contribution in [0.3, 0.4) is 0 Å². The van der Waals surface area contributed by atoms with Crippen LogP contribution in [0.1, 0.15) is 43.6 Å². The molecule has 1 atom stereocenters. The Hall–Kier alpha value is -2.27. The van der Waals surface area contributed by atoms with Gasteiger partial charge in [0.25, 0.3) is 0 Å². The normalized spacial score (nSPS) is 15.8. The third-order valence-electron chi connectivity index (χ3n) is 4.61. The maximum Gasteiger partial charge on any atom is 0.159 e. The minimum absolute atomic E-state index is 0.416. The number of fused-ring (bicyclic) bond motifs is 1.